The van der Waals surface area contributed by atoms with E-state index in [2.05, 4.69) is 4.74 Å². The van der Waals surface area contributed by atoms with Crippen LogP contribution in [0, 0.1) is 17.1 Å². The van der Waals surface area contributed by atoms with Crippen LogP contribution in [-0.2, 0) is 16.0 Å². The molecule has 0 aliphatic carbocycles. The van der Waals surface area contributed by atoms with Crippen molar-refractivity contribution in [3.05, 3.63) is 35.1 Å². The molecule has 5 heteroatoms. The lowest BCUT2D eigenvalue weighted by atomic mass is 10.0. The number of carbonyl (C=O) groups excluding carboxylic acids is 1. The summed E-state index contributed by atoms with van der Waals surface area (Å²) in [6.07, 6.45) is 0.0767. The molecule has 0 aliphatic rings. The van der Waals surface area contributed by atoms with E-state index < -0.39 is 17.8 Å². The van der Waals surface area contributed by atoms with Crippen molar-refractivity contribution in [2.75, 3.05) is 7.11 Å². The van der Waals surface area contributed by atoms with E-state index in [1.807, 2.05) is 6.07 Å². The molecule has 0 aromatic heterocycles. The average Bonchev–Trinajstić information content (AvgIpc) is 2.28. The first-order chi connectivity index (χ1) is 7.58. The number of benzene rings is 1. The Morgan fingerprint density at radius 1 is 1.69 bits per heavy atom. The smallest absolute Gasteiger partial charge is 0.322 e. The van der Waals surface area contributed by atoms with Crippen LogP contribution in [0.15, 0.2) is 18.2 Å². The van der Waals surface area contributed by atoms with Gasteiger partial charge >= 0.3 is 5.97 Å². The zero-order valence-corrected chi connectivity index (χ0v) is 8.74. The highest BCUT2D eigenvalue weighted by Gasteiger charge is 2.16. The Bertz CT molecular complexity index is 440. The molecule has 1 atom stereocenters. The zero-order chi connectivity index (χ0) is 12.1. The van der Waals surface area contributed by atoms with Crippen molar-refractivity contribution < 1.29 is 13.9 Å². The molecule has 1 unspecified atom stereocenters. The van der Waals surface area contributed by atoms with Gasteiger partial charge in [0, 0.05) is 0 Å². The molecule has 0 saturated carbocycles. The van der Waals surface area contributed by atoms with Crippen LogP contribution >= 0.6 is 0 Å². The normalized spacial score (nSPS) is 11.6. The Kier molecular flexibility index (Phi) is 3.97. The SMILES string of the molecule is COC(=O)C(N)Cc1cc(F)ccc1C#N. The predicted octanol–water partition coefficient (Wildman–Crippen LogP) is 0.740. The van der Waals surface area contributed by atoms with Gasteiger partial charge in [-0.2, -0.15) is 5.26 Å². The number of rotatable bonds is 3. The van der Waals surface area contributed by atoms with Crippen LogP contribution in [0.5, 0.6) is 0 Å². The zero-order valence-electron chi connectivity index (χ0n) is 8.74. The number of nitrogens with two attached hydrogens (primary N) is 1. The van der Waals surface area contributed by atoms with Crippen LogP contribution < -0.4 is 5.73 Å². The predicted molar refractivity (Wildman–Crippen MR) is 54.8 cm³/mol. The molecule has 1 aromatic rings. The Balaban J connectivity index is 2.92. The fourth-order valence-corrected chi connectivity index (χ4v) is 1.31. The van der Waals surface area contributed by atoms with Gasteiger partial charge in [0.25, 0.3) is 0 Å². The van der Waals surface area contributed by atoms with E-state index in [1.165, 1.54) is 25.3 Å². The van der Waals surface area contributed by atoms with Crippen LogP contribution in [0.4, 0.5) is 4.39 Å². The van der Waals surface area contributed by atoms with Crippen molar-refractivity contribution in [2.24, 2.45) is 5.73 Å². The fourth-order valence-electron chi connectivity index (χ4n) is 1.31. The average molecular weight is 222 g/mol. The molecule has 0 radical (unpaired) electrons. The first-order valence-corrected chi connectivity index (χ1v) is 4.60. The summed E-state index contributed by atoms with van der Waals surface area (Å²) >= 11 is 0. The van der Waals surface area contributed by atoms with Gasteiger partial charge in [0.1, 0.15) is 11.9 Å². The van der Waals surface area contributed by atoms with Crippen molar-refractivity contribution in [3.8, 4) is 6.07 Å². The van der Waals surface area contributed by atoms with Crippen LogP contribution in [-0.4, -0.2) is 19.1 Å². The molecule has 1 aromatic carbocycles. The molecule has 1 rings (SSSR count). The summed E-state index contributed by atoms with van der Waals surface area (Å²) in [5.74, 6) is -1.06. The molecule has 0 heterocycles. The number of nitriles is 1. The highest BCUT2D eigenvalue weighted by atomic mass is 19.1. The number of carbonyl (C=O) groups is 1. The second-order valence-corrected chi connectivity index (χ2v) is 3.25. The van der Waals surface area contributed by atoms with E-state index in [0.717, 1.165) is 0 Å². The van der Waals surface area contributed by atoms with Crippen LogP contribution in [0.1, 0.15) is 11.1 Å². The van der Waals surface area contributed by atoms with Gasteiger partial charge in [-0.1, -0.05) is 0 Å². The van der Waals surface area contributed by atoms with Gasteiger partial charge in [0.05, 0.1) is 18.7 Å². The van der Waals surface area contributed by atoms with Crippen molar-refractivity contribution >= 4 is 5.97 Å². The summed E-state index contributed by atoms with van der Waals surface area (Å²) < 4.78 is 17.4. The molecule has 2 N–H and O–H groups in total. The third-order valence-corrected chi connectivity index (χ3v) is 2.13. The number of esters is 1. The second-order valence-electron chi connectivity index (χ2n) is 3.25. The van der Waals surface area contributed by atoms with Gasteiger partial charge in [-0.25, -0.2) is 4.39 Å². The highest BCUT2D eigenvalue weighted by molar-refractivity contribution is 5.75. The quantitative estimate of drug-likeness (QED) is 0.765. The van der Waals surface area contributed by atoms with Gasteiger partial charge in [-0.05, 0) is 30.2 Å². The van der Waals surface area contributed by atoms with Crippen molar-refractivity contribution in [1.29, 1.82) is 5.26 Å². The standard InChI is InChI=1S/C11H11FN2O2/c1-16-11(15)10(14)5-8-4-9(12)3-2-7(8)6-13/h2-4,10H,5,14H2,1H3. The maximum atomic E-state index is 13.0. The third-order valence-electron chi connectivity index (χ3n) is 2.13. The monoisotopic (exact) mass is 222 g/mol. The first-order valence-electron chi connectivity index (χ1n) is 4.60. The molecule has 16 heavy (non-hydrogen) atoms. The lowest BCUT2D eigenvalue weighted by Gasteiger charge is -2.10. The molecule has 0 bridgehead atoms. The van der Waals surface area contributed by atoms with E-state index in [-0.39, 0.29) is 6.42 Å². The number of halogens is 1. The van der Waals surface area contributed by atoms with Crippen molar-refractivity contribution in [3.63, 3.8) is 0 Å². The first kappa shape index (κ1) is 12.1. The van der Waals surface area contributed by atoms with Crippen LogP contribution in [0.3, 0.4) is 0 Å². The number of methoxy groups -OCH3 is 1. The van der Waals surface area contributed by atoms with Gasteiger partial charge in [-0.3, -0.25) is 4.79 Å². The number of hydrogen-bond donors (Lipinski definition) is 1. The number of nitrogens with zero attached hydrogens (tertiary/aromatic N) is 1. The minimum absolute atomic E-state index is 0.0767. The summed E-state index contributed by atoms with van der Waals surface area (Å²) in [7, 11) is 1.22. The third kappa shape index (κ3) is 2.78. The van der Waals surface area contributed by atoms with E-state index >= 15 is 0 Å². The van der Waals surface area contributed by atoms with Gasteiger partial charge in [-0.15, -0.1) is 0 Å². The highest BCUT2D eigenvalue weighted by Crippen LogP contribution is 2.12. The molecular weight excluding hydrogens is 211 g/mol. The van der Waals surface area contributed by atoms with E-state index in [0.29, 0.717) is 11.1 Å². The van der Waals surface area contributed by atoms with E-state index in [1.54, 1.807) is 0 Å². The lowest BCUT2D eigenvalue weighted by Crippen LogP contribution is -2.33. The molecule has 4 nitrogen and oxygen atoms in total. The fraction of sp³-hybridized carbons (Fsp3) is 0.273. The van der Waals surface area contributed by atoms with Gasteiger partial charge < -0.3 is 10.5 Å². The molecule has 0 amide bonds. The molecular formula is C11H11FN2O2. The van der Waals surface area contributed by atoms with Crippen LogP contribution in [0.25, 0.3) is 0 Å². The Hall–Kier alpha value is -1.93. The van der Waals surface area contributed by atoms with E-state index in [9.17, 15) is 9.18 Å². The summed E-state index contributed by atoms with van der Waals surface area (Å²) in [4.78, 5) is 11.1. The minimum atomic E-state index is -0.890. The maximum Gasteiger partial charge on any atom is 0.322 e. The number of ether oxygens (including phenoxy) is 1. The Morgan fingerprint density at radius 2 is 2.38 bits per heavy atom. The Labute approximate surface area is 92.4 Å². The van der Waals surface area contributed by atoms with Gasteiger partial charge in [0.15, 0.2) is 0 Å². The molecule has 0 spiro atoms. The molecule has 0 saturated heterocycles. The molecule has 84 valence electrons. The molecule has 0 aliphatic heterocycles. The Morgan fingerprint density at radius 3 is 2.94 bits per heavy atom. The van der Waals surface area contributed by atoms with E-state index in [4.69, 9.17) is 11.0 Å². The van der Waals surface area contributed by atoms with Crippen LogP contribution in [0.2, 0.25) is 0 Å². The topological polar surface area (TPSA) is 76.1 Å². The summed E-state index contributed by atoms with van der Waals surface area (Å²) in [5, 5.41) is 8.79. The van der Waals surface area contributed by atoms with Crippen molar-refractivity contribution in [2.45, 2.75) is 12.5 Å². The maximum absolute atomic E-state index is 13.0. The number of hydrogen-bond acceptors (Lipinski definition) is 4. The largest absolute Gasteiger partial charge is 0.468 e. The second kappa shape index (κ2) is 5.24. The van der Waals surface area contributed by atoms with Gasteiger partial charge in [0.2, 0.25) is 0 Å². The lowest BCUT2D eigenvalue weighted by molar-refractivity contribution is -0.142. The van der Waals surface area contributed by atoms with Crippen molar-refractivity contribution in [1.82, 2.24) is 0 Å². The summed E-state index contributed by atoms with van der Waals surface area (Å²) in [6, 6.07) is 4.76. The minimum Gasteiger partial charge on any atom is -0.468 e. The molecule has 0 fully saturated rings. The summed E-state index contributed by atoms with van der Waals surface area (Å²) in [6.45, 7) is 0. The summed E-state index contributed by atoms with van der Waals surface area (Å²) in [5.41, 5.74) is 6.24.